The molecule has 0 heterocycles. The van der Waals surface area contributed by atoms with Gasteiger partial charge in [0.25, 0.3) is 0 Å². The Labute approximate surface area is 79.7 Å². The molecule has 1 aromatic rings. The van der Waals surface area contributed by atoms with Gasteiger partial charge in [-0.05, 0) is 18.6 Å². The van der Waals surface area contributed by atoms with Crippen molar-refractivity contribution >= 4 is 29.2 Å². The van der Waals surface area contributed by atoms with E-state index in [0.717, 1.165) is 0 Å². The monoisotopic (exact) mass is 204 g/mol. The lowest BCUT2D eigenvalue weighted by atomic mass is 10.1. The zero-order valence-electron chi connectivity index (χ0n) is 6.27. The highest BCUT2D eigenvalue weighted by atomic mass is 35.5. The molecule has 0 unspecified atom stereocenters. The molecule has 0 radical (unpaired) electrons. The predicted molar refractivity (Wildman–Crippen MR) is 48.2 cm³/mol. The normalized spacial score (nSPS) is 9.92. The summed E-state index contributed by atoms with van der Waals surface area (Å²) in [5.41, 5.74) is 0.682. The number of benzene rings is 1. The third kappa shape index (κ3) is 1.54. The summed E-state index contributed by atoms with van der Waals surface area (Å²) >= 11 is 11.3. The van der Waals surface area contributed by atoms with E-state index in [0.29, 0.717) is 5.56 Å². The predicted octanol–water partition coefficient (Wildman–Crippen LogP) is 3.00. The summed E-state index contributed by atoms with van der Waals surface area (Å²) < 4.78 is 0. The van der Waals surface area contributed by atoms with Crippen molar-refractivity contribution in [1.82, 2.24) is 0 Å². The quantitative estimate of drug-likeness (QED) is 0.764. The van der Waals surface area contributed by atoms with Crippen LogP contribution in [0.4, 0.5) is 0 Å². The third-order valence-electron chi connectivity index (χ3n) is 1.52. The number of rotatable bonds is 1. The van der Waals surface area contributed by atoms with Gasteiger partial charge in [-0.25, -0.2) is 4.79 Å². The zero-order valence-corrected chi connectivity index (χ0v) is 7.78. The molecule has 4 heteroatoms. The van der Waals surface area contributed by atoms with Crippen molar-refractivity contribution < 1.29 is 9.90 Å². The molecular weight excluding hydrogens is 199 g/mol. The highest BCUT2D eigenvalue weighted by molar-refractivity contribution is 6.43. The molecule has 1 rings (SSSR count). The minimum Gasteiger partial charge on any atom is -0.478 e. The molecule has 0 aliphatic rings. The second-order valence-electron chi connectivity index (χ2n) is 2.36. The van der Waals surface area contributed by atoms with Gasteiger partial charge in [-0.3, -0.25) is 0 Å². The zero-order chi connectivity index (χ0) is 9.30. The van der Waals surface area contributed by atoms with Crippen molar-refractivity contribution in [3.63, 3.8) is 0 Å². The molecule has 0 aliphatic heterocycles. The smallest absolute Gasteiger partial charge is 0.337 e. The molecular formula is C8H6Cl2O2. The summed E-state index contributed by atoms with van der Waals surface area (Å²) in [4.78, 5) is 10.7. The van der Waals surface area contributed by atoms with E-state index in [1.54, 1.807) is 19.1 Å². The molecule has 0 aliphatic carbocycles. The van der Waals surface area contributed by atoms with Crippen LogP contribution < -0.4 is 0 Å². The Morgan fingerprint density at radius 1 is 1.42 bits per heavy atom. The number of carbonyl (C=O) groups is 1. The lowest BCUT2D eigenvalue weighted by Crippen LogP contribution is -2.00. The van der Waals surface area contributed by atoms with Crippen LogP contribution in [-0.2, 0) is 0 Å². The average molecular weight is 205 g/mol. The molecule has 1 aromatic carbocycles. The van der Waals surface area contributed by atoms with Gasteiger partial charge >= 0.3 is 5.97 Å². The first-order chi connectivity index (χ1) is 5.54. The van der Waals surface area contributed by atoms with Crippen LogP contribution in [0.1, 0.15) is 15.9 Å². The molecule has 0 saturated heterocycles. The Kier molecular flexibility index (Phi) is 2.60. The van der Waals surface area contributed by atoms with E-state index in [4.69, 9.17) is 28.3 Å². The van der Waals surface area contributed by atoms with Gasteiger partial charge in [0.15, 0.2) is 0 Å². The summed E-state index contributed by atoms with van der Waals surface area (Å²) in [6, 6.07) is 3.20. The van der Waals surface area contributed by atoms with Crippen molar-refractivity contribution in [3.8, 4) is 0 Å². The van der Waals surface area contributed by atoms with E-state index in [2.05, 4.69) is 0 Å². The lowest BCUT2D eigenvalue weighted by Gasteiger charge is -2.03. The standard InChI is InChI=1S/C8H6Cl2O2/c1-4-2-3-5(9)7(10)6(4)8(11)12/h2-3H,1H3,(H,11,12). The number of hydrogen-bond donors (Lipinski definition) is 1. The molecule has 0 amide bonds. The maximum atomic E-state index is 10.7. The molecule has 0 fully saturated rings. The van der Waals surface area contributed by atoms with Crippen LogP contribution in [-0.4, -0.2) is 11.1 Å². The van der Waals surface area contributed by atoms with Crippen molar-refractivity contribution in [2.24, 2.45) is 0 Å². The lowest BCUT2D eigenvalue weighted by molar-refractivity contribution is 0.0696. The highest BCUT2D eigenvalue weighted by Crippen LogP contribution is 2.27. The number of halogens is 2. The Hall–Kier alpha value is -0.730. The van der Waals surface area contributed by atoms with Gasteiger partial charge in [0, 0.05) is 0 Å². The van der Waals surface area contributed by atoms with Gasteiger partial charge in [0.2, 0.25) is 0 Å². The van der Waals surface area contributed by atoms with Crippen LogP contribution in [0.15, 0.2) is 12.1 Å². The molecule has 0 atom stereocenters. The van der Waals surface area contributed by atoms with E-state index < -0.39 is 5.97 Å². The van der Waals surface area contributed by atoms with E-state index >= 15 is 0 Å². The maximum Gasteiger partial charge on any atom is 0.337 e. The molecule has 0 aromatic heterocycles. The molecule has 0 saturated carbocycles. The Morgan fingerprint density at radius 2 is 2.00 bits per heavy atom. The summed E-state index contributed by atoms with van der Waals surface area (Å²) in [6.07, 6.45) is 0. The minimum absolute atomic E-state index is 0.0733. The summed E-state index contributed by atoms with van der Waals surface area (Å²) in [5.74, 6) is -1.06. The van der Waals surface area contributed by atoms with Gasteiger partial charge in [-0.2, -0.15) is 0 Å². The topological polar surface area (TPSA) is 37.3 Å². The fourth-order valence-corrected chi connectivity index (χ4v) is 1.36. The number of aromatic carboxylic acids is 1. The number of carboxylic acid groups (broad SMARTS) is 1. The number of aryl methyl sites for hydroxylation is 1. The Bertz CT molecular complexity index is 334. The highest BCUT2D eigenvalue weighted by Gasteiger charge is 2.13. The number of hydrogen-bond acceptors (Lipinski definition) is 1. The van der Waals surface area contributed by atoms with E-state index in [-0.39, 0.29) is 15.6 Å². The van der Waals surface area contributed by atoms with Crippen LogP contribution in [0, 0.1) is 6.92 Å². The van der Waals surface area contributed by atoms with E-state index in [1.807, 2.05) is 0 Å². The molecule has 12 heavy (non-hydrogen) atoms. The van der Waals surface area contributed by atoms with Gasteiger partial charge in [0.05, 0.1) is 15.6 Å². The summed E-state index contributed by atoms with van der Waals surface area (Å²) in [5, 5.41) is 9.09. The fraction of sp³-hybridized carbons (Fsp3) is 0.125. The minimum atomic E-state index is -1.06. The van der Waals surface area contributed by atoms with Crippen LogP contribution >= 0.6 is 23.2 Å². The SMILES string of the molecule is Cc1ccc(Cl)c(Cl)c1C(=O)O. The largest absolute Gasteiger partial charge is 0.478 e. The molecule has 64 valence electrons. The van der Waals surface area contributed by atoms with Gasteiger partial charge < -0.3 is 5.11 Å². The van der Waals surface area contributed by atoms with Crippen LogP contribution in [0.2, 0.25) is 10.0 Å². The first-order valence-corrected chi connectivity index (χ1v) is 3.97. The fourth-order valence-electron chi connectivity index (χ4n) is 0.910. The van der Waals surface area contributed by atoms with Crippen molar-refractivity contribution in [3.05, 3.63) is 33.3 Å². The van der Waals surface area contributed by atoms with Gasteiger partial charge in [-0.1, -0.05) is 29.3 Å². The second kappa shape index (κ2) is 3.33. The first kappa shape index (κ1) is 9.36. The Balaban J connectivity index is 3.43. The van der Waals surface area contributed by atoms with Crippen molar-refractivity contribution in [2.45, 2.75) is 6.92 Å². The summed E-state index contributed by atoms with van der Waals surface area (Å²) in [7, 11) is 0. The molecule has 0 spiro atoms. The van der Waals surface area contributed by atoms with Crippen LogP contribution in [0.5, 0.6) is 0 Å². The van der Waals surface area contributed by atoms with Crippen molar-refractivity contribution in [1.29, 1.82) is 0 Å². The van der Waals surface area contributed by atoms with E-state index in [1.165, 1.54) is 0 Å². The number of carboxylic acids is 1. The second-order valence-corrected chi connectivity index (χ2v) is 3.14. The van der Waals surface area contributed by atoms with Crippen LogP contribution in [0.25, 0.3) is 0 Å². The van der Waals surface area contributed by atoms with Gasteiger partial charge in [-0.15, -0.1) is 0 Å². The average Bonchev–Trinajstić information content (AvgIpc) is 1.97. The van der Waals surface area contributed by atoms with E-state index in [9.17, 15) is 4.79 Å². The van der Waals surface area contributed by atoms with Crippen LogP contribution in [0.3, 0.4) is 0 Å². The molecule has 1 N–H and O–H groups in total. The molecule has 2 nitrogen and oxygen atoms in total. The first-order valence-electron chi connectivity index (χ1n) is 3.22. The van der Waals surface area contributed by atoms with Crippen molar-refractivity contribution in [2.75, 3.05) is 0 Å². The van der Waals surface area contributed by atoms with Gasteiger partial charge in [0.1, 0.15) is 0 Å². The third-order valence-corrected chi connectivity index (χ3v) is 2.32. The summed E-state index contributed by atoms with van der Waals surface area (Å²) in [6.45, 7) is 1.67. The molecule has 0 bridgehead atoms. The Morgan fingerprint density at radius 3 is 2.42 bits per heavy atom. The maximum absolute atomic E-state index is 10.7.